The van der Waals surface area contributed by atoms with Gasteiger partial charge in [-0.15, -0.1) is 0 Å². The van der Waals surface area contributed by atoms with Gasteiger partial charge in [-0.25, -0.2) is 9.97 Å². The van der Waals surface area contributed by atoms with Crippen molar-refractivity contribution in [2.75, 3.05) is 4.90 Å². The average molecular weight is 597 g/mol. The Kier molecular flexibility index (Phi) is 6.16. The van der Waals surface area contributed by atoms with Crippen LogP contribution in [0.25, 0.3) is 27.5 Å². The quantitative estimate of drug-likeness (QED) is 0.191. The number of allylic oxidation sites excluding steroid dienone is 2. The van der Waals surface area contributed by atoms with Crippen LogP contribution < -0.4 is 14.4 Å². The molecule has 0 fully saturated rings. The van der Waals surface area contributed by atoms with Gasteiger partial charge in [-0.1, -0.05) is 72.8 Å². The molecule has 0 bridgehead atoms. The Labute approximate surface area is 266 Å². The van der Waals surface area contributed by atoms with E-state index in [1.165, 1.54) is 0 Å². The standard InChI is InChI=1S/C40H28N4O2/c1-2-12-27(13-3-1)43(38-18-8-10-22-41-38)28-20-21-31-30-14-4-6-16-34(30)44(35(31)24-28)36-26-29(45-39-19-9-11-23-42-39)25-33-32-15-5-7-17-37(32)46-40(33)36/h1-26,32,37H. The molecule has 4 aromatic carbocycles. The third-order valence-corrected chi connectivity index (χ3v) is 8.68. The second kappa shape index (κ2) is 10.8. The van der Waals surface area contributed by atoms with Crippen LogP contribution in [0.5, 0.6) is 17.4 Å². The summed E-state index contributed by atoms with van der Waals surface area (Å²) in [5.74, 6) is 3.04. The fraction of sp³-hybridized carbons (Fsp3) is 0.0500. The van der Waals surface area contributed by atoms with Gasteiger partial charge in [0, 0.05) is 58.2 Å². The maximum absolute atomic E-state index is 6.73. The van der Waals surface area contributed by atoms with E-state index in [2.05, 4.69) is 118 Å². The van der Waals surface area contributed by atoms with Crippen molar-refractivity contribution in [3.63, 3.8) is 0 Å². The van der Waals surface area contributed by atoms with Crippen LogP contribution in [-0.4, -0.2) is 20.6 Å². The van der Waals surface area contributed by atoms with Gasteiger partial charge < -0.3 is 14.0 Å². The van der Waals surface area contributed by atoms with Gasteiger partial charge in [-0.3, -0.25) is 4.90 Å². The van der Waals surface area contributed by atoms with E-state index in [4.69, 9.17) is 14.5 Å². The Morgan fingerprint density at radius 1 is 0.652 bits per heavy atom. The number of benzene rings is 4. The SMILES string of the molecule is C1=CC2Oc3c(cc(Oc4ccccn4)cc3-n3c4ccccc4c4ccc(N(c5ccccc5)c5ccccn5)cc43)C2C=C1. The predicted molar refractivity (Wildman–Crippen MR) is 183 cm³/mol. The lowest BCUT2D eigenvalue weighted by Crippen LogP contribution is -2.15. The molecule has 6 heteroatoms. The van der Waals surface area contributed by atoms with E-state index >= 15 is 0 Å². The zero-order valence-corrected chi connectivity index (χ0v) is 24.8. The molecule has 0 N–H and O–H groups in total. The van der Waals surface area contributed by atoms with Crippen LogP contribution in [0.4, 0.5) is 17.2 Å². The molecule has 0 spiro atoms. The van der Waals surface area contributed by atoms with Crippen molar-refractivity contribution in [1.82, 2.24) is 14.5 Å². The topological polar surface area (TPSA) is 52.4 Å². The van der Waals surface area contributed by atoms with E-state index in [1.807, 2.05) is 48.7 Å². The largest absolute Gasteiger partial charge is 0.483 e. The van der Waals surface area contributed by atoms with Gasteiger partial charge in [-0.2, -0.15) is 0 Å². The Bertz CT molecular complexity index is 2240. The summed E-state index contributed by atoms with van der Waals surface area (Å²) in [6.07, 6.45) is 12.0. The second-order valence-electron chi connectivity index (χ2n) is 11.4. The molecular weight excluding hydrogens is 568 g/mol. The van der Waals surface area contributed by atoms with Crippen LogP contribution in [0.2, 0.25) is 0 Å². The first kappa shape index (κ1) is 26.3. The molecule has 1 aliphatic heterocycles. The fourth-order valence-electron chi connectivity index (χ4n) is 6.69. The number of ether oxygens (including phenoxy) is 2. The van der Waals surface area contributed by atoms with Crippen LogP contribution in [0, 0.1) is 0 Å². The lowest BCUT2D eigenvalue weighted by molar-refractivity contribution is 0.268. The van der Waals surface area contributed by atoms with E-state index in [1.54, 1.807) is 6.20 Å². The highest BCUT2D eigenvalue weighted by molar-refractivity contribution is 6.10. The van der Waals surface area contributed by atoms with E-state index in [0.29, 0.717) is 11.6 Å². The van der Waals surface area contributed by atoms with Gasteiger partial charge in [0.25, 0.3) is 0 Å². The van der Waals surface area contributed by atoms with Crippen LogP contribution >= 0.6 is 0 Å². The van der Waals surface area contributed by atoms with Crippen molar-refractivity contribution in [2.45, 2.75) is 12.0 Å². The fourth-order valence-corrected chi connectivity index (χ4v) is 6.69. The third kappa shape index (κ3) is 4.34. The molecule has 6 nitrogen and oxygen atoms in total. The normalized spacial score (nSPS) is 16.3. The second-order valence-corrected chi connectivity index (χ2v) is 11.4. The molecule has 0 amide bonds. The summed E-state index contributed by atoms with van der Waals surface area (Å²) in [6.45, 7) is 0. The smallest absolute Gasteiger partial charge is 0.219 e. The van der Waals surface area contributed by atoms with E-state index in [0.717, 1.165) is 56.0 Å². The summed E-state index contributed by atoms with van der Waals surface area (Å²) in [5, 5.41) is 2.31. The molecule has 9 rings (SSSR count). The molecule has 4 heterocycles. The maximum Gasteiger partial charge on any atom is 0.219 e. The minimum absolute atomic E-state index is 0.0785. The minimum atomic E-state index is -0.0785. The van der Waals surface area contributed by atoms with Crippen LogP contribution in [0.3, 0.4) is 0 Å². The average Bonchev–Trinajstić information content (AvgIpc) is 3.65. The van der Waals surface area contributed by atoms with Gasteiger partial charge in [-0.05, 0) is 60.7 Å². The van der Waals surface area contributed by atoms with Crippen molar-refractivity contribution in [2.24, 2.45) is 0 Å². The van der Waals surface area contributed by atoms with Gasteiger partial charge in [0.05, 0.1) is 16.7 Å². The lowest BCUT2D eigenvalue weighted by atomic mass is 9.91. The van der Waals surface area contributed by atoms with E-state index < -0.39 is 0 Å². The van der Waals surface area contributed by atoms with Crippen molar-refractivity contribution < 1.29 is 9.47 Å². The van der Waals surface area contributed by atoms with Crippen molar-refractivity contribution >= 4 is 39.0 Å². The zero-order valence-electron chi connectivity index (χ0n) is 24.8. The van der Waals surface area contributed by atoms with Gasteiger partial charge in [0.15, 0.2) is 0 Å². The summed E-state index contributed by atoms with van der Waals surface area (Å²) < 4.78 is 15.4. The molecule has 2 atom stereocenters. The molecule has 2 unspecified atom stereocenters. The number of pyridine rings is 2. The van der Waals surface area contributed by atoms with Crippen LogP contribution in [0.1, 0.15) is 11.5 Å². The minimum Gasteiger partial charge on any atom is -0.483 e. The van der Waals surface area contributed by atoms with Gasteiger partial charge in [0.2, 0.25) is 5.88 Å². The van der Waals surface area contributed by atoms with Crippen LogP contribution in [0.15, 0.2) is 158 Å². The van der Waals surface area contributed by atoms with Gasteiger partial charge >= 0.3 is 0 Å². The van der Waals surface area contributed by atoms with E-state index in [9.17, 15) is 0 Å². The Morgan fingerprint density at radius 3 is 2.28 bits per heavy atom. The molecule has 46 heavy (non-hydrogen) atoms. The monoisotopic (exact) mass is 596 g/mol. The zero-order chi connectivity index (χ0) is 30.5. The molecular formula is C40H28N4O2. The first-order valence-corrected chi connectivity index (χ1v) is 15.4. The van der Waals surface area contributed by atoms with Crippen molar-refractivity contribution in [3.8, 4) is 23.1 Å². The lowest BCUT2D eigenvalue weighted by Gasteiger charge is -2.24. The molecule has 0 radical (unpaired) electrons. The molecule has 2 aliphatic rings. The number of hydrogen-bond donors (Lipinski definition) is 0. The molecule has 0 saturated carbocycles. The molecule has 1 aliphatic carbocycles. The summed E-state index contributed by atoms with van der Waals surface area (Å²) in [4.78, 5) is 11.4. The number of hydrogen-bond acceptors (Lipinski definition) is 5. The van der Waals surface area contributed by atoms with Crippen LogP contribution in [-0.2, 0) is 0 Å². The summed E-state index contributed by atoms with van der Waals surface area (Å²) in [6, 6.07) is 41.4. The number of nitrogens with zero attached hydrogens (tertiary/aromatic N) is 4. The molecule has 3 aromatic heterocycles. The Balaban J connectivity index is 1.30. The van der Waals surface area contributed by atoms with Crippen molar-refractivity contribution in [3.05, 3.63) is 164 Å². The Morgan fingerprint density at radius 2 is 1.43 bits per heavy atom. The predicted octanol–water partition coefficient (Wildman–Crippen LogP) is 9.81. The maximum atomic E-state index is 6.73. The number of anilines is 3. The number of aromatic nitrogens is 3. The summed E-state index contributed by atoms with van der Waals surface area (Å²) in [5.41, 5.74) is 6.18. The highest BCUT2D eigenvalue weighted by Gasteiger charge is 2.36. The number of para-hydroxylation sites is 2. The highest BCUT2D eigenvalue weighted by Crippen LogP contribution is 2.49. The van der Waals surface area contributed by atoms with Crippen molar-refractivity contribution in [1.29, 1.82) is 0 Å². The summed E-state index contributed by atoms with van der Waals surface area (Å²) in [7, 11) is 0. The molecule has 0 saturated heterocycles. The number of fused-ring (bicyclic) bond motifs is 6. The van der Waals surface area contributed by atoms with E-state index in [-0.39, 0.29) is 12.0 Å². The first-order chi connectivity index (χ1) is 22.8. The Hall–Kier alpha value is -6.14. The molecule has 7 aromatic rings. The third-order valence-electron chi connectivity index (χ3n) is 8.68. The highest BCUT2D eigenvalue weighted by atomic mass is 16.5. The number of rotatable bonds is 6. The first-order valence-electron chi connectivity index (χ1n) is 15.4. The summed E-state index contributed by atoms with van der Waals surface area (Å²) >= 11 is 0. The van der Waals surface area contributed by atoms with Gasteiger partial charge in [0.1, 0.15) is 23.4 Å². The molecule has 220 valence electrons.